The Labute approximate surface area is 154 Å². The van der Waals surface area contributed by atoms with E-state index in [1.165, 1.54) is 25.3 Å². The van der Waals surface area contributed by atoms with E-state index in [2.05, 4.69) is 5.32 Å². The number of carbonyl (C=O) groups is 1. The highest BCUT2D eigenvalue weighted by atomic mass is 16.6. The zero-order chi connectivity index (χ0) is 19.2. The number of methoxy groups -OCH3 is 1. The molecule has 0 bridgehead atoms. The molecule has 0 saturated carbocycles. The van der Waals surface area contributed by atoms with Crippen molar-refractivity contribution in [2.24, 2.45) is 0 Å². The molecule has 27 heavy (non-hydrogen) atoms. The van der Waals surface area contributed by atoms with Crippen LogP contribution in [0, 0.1) is 10.1 Å². The molecule has 2 aromatic rings. The second kappa shape index (κ2) is 8.26. The number of nitrogens with one attached hydrogen (secondary N) is 1. The fraction of sp³-hybridized carbons (Fsp3) is 0.278. The summed E-state index contributed by atoms with van der Waals surface area (Å²) < 4.78 is 21.6. The molecule has 0 aliphatic carbocycles. The topological polar surface area (TPSA) is 109 Å². The van der Waals surface area contributed by atoms with Crippen LogP contribution in [-0.2, 0) is 4.79 Å². The number of hydrogen-bond acceptors (Lipinski definition) is 7. The average molecular weight is 374 g/mol. The molecule has 1 heterocycles. The Morgan fingerprint density at radius 2 is 2.07 bits per heavy atom. The molecule has 0 aromatic heterocycles. The van der Waals surface area contributed by atoms with Crippen LogP contribution >= 0.6 is 0 Å². The Balaban J connectivity index is 1.47. The molecule has 1 amide bonds. The van der Waals surface area contributed by atoms with E-state index in [0.29, 0.717) is 23.9 Å². The first kappa shape index (κ1) is 18.3. The van der Waals surface area contributed by atoms with E-state index >= 15 is 0 Å². The van der Waals surface area contributed by atoms with Crippen molar-refractivity contribution in [1.29, 1.82) is 0 Å². The van der Waals surface area contributed by atoms with Gasteiger partial charge in [-0.1, -0.05) is 12.1 Å². The van der Waals surface area contributed by atoms with Gasteiger partial charge in [0, 0.05) is 12.1 Å². The third-order valence-corrected chi connectivity index (χ3v) is 3.81. The molecular weight excluding hydrogens is 356 g/mol. The number of amides is 1. The number of hydrogen-bond donors (Lipinski definition) is 1. The van der Waals surface area contributed by atoms with Gasteiger partial charge >= 0.3 is 5.69 Å². The van der Waals surface area contributed by atoms with Crippen LogP contribution in [0.5, 0.6) is 23.0 Å². The zero-order valence-corrected chi connectivity index (χ0v) is 14.5. The fourth-order valence-electron chi connectivity index (χ4n) is 2.49. The SMILES string of the molecule is COc1cc(OCC(=O)NCC2COc3ccccc3O2)ccc1[N+](=O)[O-]. The first-order valence-electron chi connectivity index (χ1n) is 8.17. The number of fused-ring (bicyclic) bond motifs is 1. The minimum absolute atomic E-state index is 0.0596. The van der Waals surface area contributed by atoms with Crippen molar-refractivity contribution in [2.45, 2.75) is 6.10 Å². The maximum Gasteiger partial charge on any atom is 0.311 e. The molecule has 1 unspecified atom stereocenters. The summed E-state index contributed by atoms with van der Waals surface area (Å²) in [5, 5.41) is 13.6. The second-order valence-corrected chi connectivity index (χ2v) is 5.68. The van der Waals surface area contributed by atoms with E-state index in [1.54, 1.807) is 6.07 Å². The molecule has 1 aliphatic heterocycles. The Hall–Kier alpha value is -3.49. The quantitative estimate of drug-likeness (QED) is 0.582. The van der Waals surface area contributed by atoms with Gasteiger partial charge in [0.2, 0.25) is 5.75 Å². The number of ether oxygens (including phenoxy) is 4. The number of nitro groups is 1. The number of carbonyl (C=O) groups excluding carboxylic acids is 1. The van der Waals surface area contributed by atoms with Crippen LogP contribution in [0.1, 0.15) is 0 Å². The highest BCUT2D eigenvalue weighted by molar-refractivity contribution is 5.77. The molecule has 9 nitrogen and oxygen atoms in total. The lowest BCUT2D eigenvalue weighted by Crippen LogP contribution is -2.42. The van der Waals surface area contributed by atoms with Gasteiger partial charge in [-0.25, -0.2) is 0 Å². The van der Waals surface area contributed by atoms with Crippen molar-refractivity contribution in [3.8, 4) is 23.0 Å². The molecular formula is C18H18N2O7. The minimum atomic E-state index is -0.556. The van der Waals surface area contributed by atoms with Gasteiger partial charge in [0.1, 0.15) is 18.5 Å². The summed E-state index contributed by atoms with van der Waals surface area (Å²) in [6.45, 7) is 0.350. The van der Waals surface area contributed by atoms with Gasteiger partial charge in [0.15, 0.2) is 18.1 Å². The third kappa shape index (κ3) is 4.57. The van der Waals surface area contributed by atoms with Crippen molar-refractivity contribution in [3.63, 3.8) is 0 Å². The molecule has 9 heteroatoms. The van der Waals surface area contributed by atoms with Crippen molar-refractivity contribution in [2.75, 3.05) is 26.9 Å². The van der Waals surface area contributed by atoms with Crippen LogP contribution < -0.4 is 24.3 Å². The predicted octanol–water partition coefficient (Wildman–Crippen LogP) is 1.94. The zero-order valence-electron chi connectivity index (χ0n) is 14.5. The fourth-order valence-corrected chi connectivity index (χ4v) is 2.49. The van der Waals surface area contributed by atoms with Crippen LogP contribution in [0.15, 0.2) is 42.5 Å². The number of rotatable bonds is 7. The van der Waals surface area contributed by atoms with Crippen LogP contribution in [0.3, 0.4) is 0 Å². The number of nitrogens with zero attached hydrogens (tertiary/aromatic N) is 1. The van der Waals surface area contributed by atoms with Gasteiger partial charge < -0.3 is 24.3 Å². The molecule has 0 saturated heterocycles. The van der Waals surface area contributed by atoms with Crippen molar-refractivity contribution in [1.82, 2.24) is 5.32 Å². The summed E-state index contributed by atoms with van der Waals surface area (Å²) in [5.74, 6) is 1.31. The Morgan fingerprint density at radius 1 is 1.30 bits per heavy atom. The minimum Gasteiger partial charge on any atom is -0.490 e. The summed E-state index contributed by atoms with van der Waals surface area (Å²) >= 11 is 0. The van der Waals surface area contributed by atoms with E-state index < -0.39 is 4.92 Å². The summed E-state index contributed by atoms with van der Waals surface area (Å²) in [7, 11) is 1.32. The molecule has 1 aliphatic rings. The summed E-state index contributed by atoms with van der Waals surface area (Å²) in [6, 6.07) is 11.3. The highest BCUT2D eigenvalue weighted by Gasteiger charge is 2.21. The largest absolute Gasteiger partial charge is 0.490 e. The molecule has 3 rings (SSSR count). The predicted molar refractivity (Wildman–Crippen MR) is 94.5 cm³/mol. The van der Waals surface area contributed by atoms with Gasteiger partial charge in [-0.05, 0) is 18.2 Å². The van der Waals surface area contributed by atoms with E-state index in [9.17, 15) is 14.9 Å². The standard InChI is InChI=1S/C18H18N2O7/c1-24-17-8-12(6-7-14(17)20(22)23)25-11-18(21)19-9-13-10-26-15-4-2-3-5-16(15)27-13/h2-8,13H,9-11H2,1H3,(H,19,21). The lowest BCUT2D eigenvalue weighted by atomic mass is 10.2. The van der Waals surface area contributed by atoms with Gasteiger partial charge in [-0.3, -0.25) is 14.9 Å². The monoisotopic (exact) mass is 374 g/mol. The van der Waals surface area contributed by atoms with Gasteiger partial charge in [-0.15, -0.1) is 0 Å². The Kier molecular flexibility index (Phi) is 5.60. The number of benzene rings is 2. The number of nitro benzene ring substituents is 1. The molecule has 2 aromatic carbocycles. The van der Waals surface area contributed by atoms with Gasteiger partial charge in [0.25, 0.3) is 5.91 Å². The molecule has 0 radical (unpaired) electrons. The van der Waals surface area contributed by atoms with E-state index in [0.717, 1.165) is 0 Å². The van der Waals surface area contributed by atoms with Gasteiger partial charge in [0.05, 0.1) is 18.6 Å². The van der Waals surface area contributed by atoms with Gasteiger partial charge in [-0.2, -0.15) is 0 Å². The van der Waals surface area contributed by atoms with E-state index in [4.69, 9.17) is 18.9 Å². The molecule has 142 valence electrons. The lowest BCUT2D eigenvalue weighted by molar-refractivity contribution is -0.385. The normalized spacial score (nSPS) is 14.9. The summed E-state index contributed by atoms with van der Waals surface area (Å²) in [4.78, 5) is 22.3. The van der Waals surface area contributed by atoms with Crippen molar-refractivity contribution >= 4 is 11.6 Å². The van der Waals surface area contributed by atoms with E-state index in [1.807, 2.05) is 18.2 Å². The first-order chi connectivity index (χ1) is 13.1. The molecule has 0 spiro atoms. The first-order valence-corrected chi connectivity index (χ1v) is 8.17. The van der Waals surface area contributed by atoms with E-state index in [-0.39, 0.29) is 36.6 Å². The Bertz CT molecular complexity index is 840. The third-order valence-electron chi connectivity index (χ3n) is 3.81. The lowest BCUT2D eigenvalue weighted by Gasteiger charge is -2.26. The summed E-state index contributed by atoms with van der Waals surface area (Å²) in [6.07, 6.45) is -0.302. The maximum absolute atomic E-state index is 12.0. The van der Waals surface area contributed by atoms with Crippen LogP contribution in [0.4, 0.5) is 5.69 Å². The van der Waals surface area contributed by atoms with Crippen LogP contribution in [0.2, 0.25) is 0 Å². The Morgan fingerprint density at radius 3 is 2.81 bits per heavy atom. The highest BCUT2D eigenvalue weighted by Crippen LogP contribution is 2.31. The molecule has 1 atom stereocenters. The second-order valence-electron chi connectivity index (χ2n) is 5.68. The smallest absolute Gasteiger partial charge is 0.311 e. The maximum atomic E-state index is 12.0. The van der Waals surface area contributed by atoms with Crippen molar-refractivity contribution in [3.05, 3.63) is 52.6 Å². The number of para-hydroxylation sites is 2. The van der Waals surface area contributed by atoms with Crippen molar-refractivity contribution < 1.29 is 28.7 Å². The van der Waals surface area contributed by atoms with Crippen LogP contribution in [-0.4, -0.2) is 43.8 Å². The molecule has 0 fully saturated rings. The average Bonchev–Trinajstić information content (AvgIpc) is 2.70. The summed E-state index contributed by atoms with van der Waals surface area (Å²) in [5.41, 5.74) is -0.177. The van der Waals surface area contributed by atoms with Crippen LogP contribution in [0.25, 0.3) is 0 Å². The molecule has 1 N–H and O–H groups in total.